The van der Waals surface area contributed by atoms with E-state index >= 15 is 0 Å². The number of ether oxygens (including phenoxy) is 1. The third-order valence-corrected chi connectivity index (χ3v) is 3.39. The molecule has 0 bridgehead atoms. The van der Waals surface area contributed by atoms with E-state index in [1.165, 1.54) is 5.56 Å². The fraction of sp³-hybridized carbons (Fsp3) is 0.353. The highest BCUT2D eigenvalue weighted by molar-refractivity contribution is 6.30. The summed E-state index contributed by atoms with van der Waals surface area (Å²) in [5, 5.41) is 4.08. The maximum absolute atomic E-state index is 5.93. The SMILES string of the molecule is CCCNCc1ccc(COc2ccc(Cl)cc2C)nc1. The van der Waals surface area contributed by atoms with Crippen LogP contribution in [0.4, 0.5) is 0 Å². The third kappa shape index (κ3) is 5.03. The summed E-state index contributed by atoms with van der Waals surface area (Å²) < 4.78 is 5.78. The molecule has 3 nitrogen and oxygen atoms in total. The molecule has 0 aliphatic carbocycles. The Balaban J connectivity index is 1.88. The molecule has 0 saturated heterocycles. The van der Waals surface area contributed by atoms with E-state index in [2.05, 4.69) is 23.3 Å². The minimum atomic E-state index is 0.463. The van der Waals surface area contributed by atoms with E-state index in [1.807, 2.05) is 37.4 Å². The number of rotatable bonds is 7. The maximum Gasteiger partial charge on any atom is 0.130 e. The monoisotopic (exact) mass is 304 g/mol. The largest absolute Gasteiger partial charge is 0.487 e. The molecule has 1 heterocycles. The predicted molar refractivity (Wildman–Crippen MR) is 86.8 cm³/mol. The van der Waals surface area contributed by atoms with Gasteiger partial charge in [-0.15, -0.1) is 0 Å². The minimum absolute atomic E-state index is 0.463. The summed E-state index contributed by atoms with van der Waals surface area (Å²) in [5.74, 6) is 0.842. The molecule has 0 radical (unpaired) electrons. The predicted octanol–water partition coefficient (Wildman–Crippen LogP) is 4.12. The van der Waals surface area contributed by atoms with E-state index in [9.17, 15) is 0 Å². The van der Waals surface area contributed by atoms with Crippen molar-refractivity contribution in [2.75, 3.05) is 6.54 Å². The average molecular weight is 305 g/mol. The van der Waals surface area contributed by atoms with E-state index in [4.69, 9.17) is 16.3 Å². The Morgan fingerprint density at radius 3 is 2.76 bits per heavy atom. The molecule has 112 valence electrons. The Bertz CT molecular complexity index is 570. The number of halogens is 1. The molecule has 0 spiro atoms. The number of benzene rings is 1. The molecular weight excluding hydrogens is 284 g/mol. The molecule has 0 amide bonds. The number of nitrogens with zero attached hydrogens (tertiary/aromatic N) is 1. The van der Waals surface area contributed by atoms with Crippen LogP contribution in [0.1, 0.15) is 30.2 Å². The van der Waals surface area contributed by atoms with E-state index < -0.39 is 0 Å². The van der Waals surface area contributed by atoms with Gasteiger partial charge in [-0.3, -0.25) is 4.98 Å². The van der Waals surface area contributed by atoms with Crippen LogP contribution in [-0.4, -0.2) is 11.5 Å². The van der Waals surface area contributed by atoms with Crippen LogP contribution < -0.4 is 10.1 Å². The van der Waals surface area contributed by atoms with Crippen molar-refractivity contribution in [3.8, 4) is 5.75 Å². The smallest absolute Gasteiger partial charge is 0.130 e. The van der Waals surface area contributed by atoms with Crippen LogP contribution in [0.15, 0.2) is 36.5 Å². The van der Waals surface area contributed by atoms with Gasteiger partial charge in [0.25, 0.3) is 0 Å². The van der Waals surface area contributed by atoms with Crippen LogP contribution in [-0.2, 0) is 13.2 Å². The number of hydrogen-bond acceptors (Lipinski definition) is 3. The molecule has 0 unspecified atom stereocenters. The first-order valence-electron chi connectivity index (χ1n) is 7.22. The molecule has 1 aromatic carbocycles. The van der Waals surface area contributed by atoms with E-state index in [0.717, 1.165) is 41.5 Å². The van der Waals surface area contributed by atoms with E-state index in [0.29, 0.717) is 6.61 Å². The Kier molecular flexibility index (Phi) is 6.03. The van der Waals surface area contributed by atoms with Gasteiger partial charge in [0, 0.05) is 17.8 Å². The summed E-state index contributed by atoms with van der Waals surface area (Å²) in [6, 6.07) is 9.71. The first kappa shape index (κ1) is 15.8. The summed E-state index contributed by atoms with van der Waals surface area (Å²) >= 11 is 5.93. The van der Waals surface area contributed by atoms with Crippen LogP contribution in [0.3, 0.4) is 0 Å². The molecule has 0 saturated carbocycles. The Morgan fingerprint density at radius 2 is 2.10 bits per heavy atom. The molecule has 21 heavy (non-hydrogen) atoms. The van der Waals surface area contributed by atoms with Crippen LogP contribution in [0.2, 0.25) is 5.02 Å². The summed E-state index contributed by atoms with van der Waals surface area (Å²) in [6.45, 7) is 6.49. The van der Waals surface area contributed by atoms with Crippen molar-refractivity contribution in [2.45, 2.75) is 33.4 Å². The standard InChI is InChI=1S/C17H21ClN2O/c1-3-8-19-10-14-4-6-16(20-11-14)12-21-17-7-5-15(18)9-13(17)2/h4-7,9,11,19H,3,8,10,12H2,1-2H3. The van der Waals surface area contributed by atoms with Crippen molar-refractivity contribution in [3.63, 3.8) is 0 Å². The number of nitrogens with one attached hydrogen (secondary N) is 1. The Labute approximate surface area is 131 Å². The first-order chi connectivity index (χ1) is 10.2. The molecule has 2 rings (SSSR count). The van der Waals surface area contributed by atoms with Crippen LogP contribution >= 0.6 is 11.6 Å². The highest BCUT2D eigenvalue weighted by Gasteiger charge is 2.02. The van der Waals surface area contributed by atoms with Crippen molar-refractivity contribution in [1.82, 2.24) is 10.3 Å². The van der Waals surface area contributed by atoms with Gasteiger partial charge < -0.3 is 10.1 Å². The second-order valence-corrected chi connectivity index (χ2v) is 5.47. The van der Waals surface area contributed by atoms with Crippen molar-refractivity contribution in [2.24, 2.45) is 0 Å². The molecule has 0 aliphatic heterocycles. The van der Waals surface area contributed by atoms with Gasteiger partial charge in [0.2, 0.25) is 0 Å². The fourth-order valence-corrected chi connectivity index (χ4v) is 2.21. The second kappa shape index (κ2) is 8.01. The molecule has 4 heteroatoms. The van der Waals surface area contributed by atoms with Crippen molar-refractivity contribution >= 4 is 11.6 Å². The zero-order valence-corrected chi connectivity index (χ0v) is 13.3. The lowest BCUT2D eigenvalue weighted by molar-refractivity contribution is 0.299. The van der Waals surface area contributed by atoms with Gasteiger partial charge in [0.15, 0.2) is 0 Å². The molecule has 2 aromatic rings. The lowest BCUT2D eigenvalue weighted by atomic mass is 10.2. The molecule has 0 aliphatic rings. The van der Waals surface area contributed by atoms with Gasteiger partial charge in [-0.05, 0) is 55.3 Å². The average Bonchev–Trinajstić information content (AvgIpc) is 2.48. The number of aryl methyl sites for hydroxylation is 1. The molecule has 1 aromatic heterocycles. The number of aromatic nitrogens is 1. The fourth-order valence-electron chi connectivity index (χ4n) is 1.98. The summed E-state index contributed by atoms with van der Waals surface area (Å²) in [4.78, 5) is 4.43. The Morgan fingerprint density at radius 1 is 1.24 bits per heavy atom. The van der Waals surface area contributed by atoms with Crippen LogP contribution in [0, 0.1) is 6.92 Å². The maximum atomic E-state index is 5.93. The number of hydrogen-bond donors (Lipinski definition) is 1. The van der Waals surface area contributed by atoms with E-state index in [1.54, 1.807) is 0 Å². The molecule has 1 N–H and O–H groups in total. The highest BCUT2D eigenvalue weighted by atomic mass is 35.5. The highest BCUT2D eigenvalue weighted by Crippen LogP contribution is 2.22. The quantitative estimate of drug-likeness (QED) is 0.781. The minimum Gasteiger partial charge on any atom is -0.487 e. The second-order valence-electron chi connectivity index (χ2n) is 5.03. The van der Waals surface area contributed by atoms with Crippen molar-refractivity contribution < 1.29 is 4.74 Å². The lowest BCUT2D eigenvalue weighted by Crippen LogP contribution is -2.14. The van der Waals surface area contributed by atoms with Gasteiger partial charge in [-0.2, -0.15) is 0 Å². The van der Waals surface area contributed by atoms with Crippen molar-refractivity contribution in [3.05, 3.63) is 58.4 Å². The zero-order chi connectivity index (χ0) is 15.1. The molecule has 0 atom stereocenters. The van der Waals surface area contributed by atoms with Gasteiger partial charge >= 0.3 is 0 Å². The molecular formula is C17H21ClN2O. The summed E-state index contributed by atoms with van der Waals surface area (Å²) in [5.41, 5.74) is 3.14. The Hall–Kier alpha value is -1.58. The van der Waals surface area contributed by atoms with Gasteiger partial charge in [-0.25, -0.2) is 0 Å². The first-order valence-corrected chi connectivity index (χ1v) is 7.60. The van der Waals surface area contributed by atoms with Crippen LogP contribution in [0.5, 0.6) is 5.75 Å². The lowest BCUT2D eigenvalue weighted by Gasteiger charge is -2.09. The van der Waals surface area contributed by atoms with Crippen LogP contribution in [0.25, 0.3) is 0 Å². The van der Waals surface area contributed by atoms with Crippen molar-refractivity contribution in [1.29, 1.82) is 0 Å². The van der Waals surface area contributed by atoms with E-state index in [-0.39, 0.29) is 0 Å². The normalized spacial score (nSPS) is 10.6. The topological polar surface area (TPSA) is 34.1 Å². The zero-order valence-electron chi connectivity index (χ0n) is 12.5. The number of pyridine rings is 1. The summed E-state index contributed by atoms with van der Waals surface area (Å²) in [7, 11) is 0. The van der Waals surface area contributed by atoms with Gasteiger partial charge in [-0.1, -0.05) is 24.6 Å². The third-order valence-electron chi connectivity index (χ3n) is 3.15. The summed E-state index contributed by atoms with van der Waals surface area (Å²) in [6.07, 6.45) is 3.04. The molecule has 0 fully saturated rings. The van der Waals surface area contributed by atoms with Gasteiger partial charge in [0.05, 0.1) is 5.69 Å². The van der Waals surface area contributed by atoms with Gasteiger partial charge in [0.1, 0.15) is 12.4 Å².